The van der Waals surface area contributed by atoms with E-state index in [1.54, 1.807) is 5.38 Å². The molecule has 1 aromatic heterocycles. The minimum Gasteiger partial charge on any atom is -0.495 e. The van der Waals surface area contributed by atoms with Gasteiger partial charge >= 0.3 is 0 Å². The molecule has 0 unspecified atom stereocenters. The van der Waals surface area contributed by atoms with Crippen LogP contribution in [0, 0.1) is 0 Å². The van der Waals surface area contributed by atoms with Crippen molar-refractivity contribution in [3.8, 4) is 11.5 Å². The Balaban J connectivity index is 1.92. The van der Waals surface area contributed by atoms with Gasteiger partial charge in [-0.15, -0.1) is 11.3 Å². The first-order valence-electron chi connectivity index (χ1n) is 8.19. The first-order chi connectivity index (χ1) is 12.9. The number of sulfonamides is 1. The second-order valence-electron chi connectivity index (χ2n) is 5.87. The Kier molecular flexibility index (Phi) is 5.95. The topological polar surface area (TPSA) is 84.9 Å². The SMILES string of the molecule is COc1cc(NC(=O)c2sccc2S(=O)(=O)N2CCCC2)c(OC)cc1Cl. The highest BCUT2D eigenvalue weighted by molar-refractivity contribution is 7.89. The standard InChI is InChI=1S/C17H19ClN2O5S2/c1-24-13-10-12(14(25-2)9-11(13)18)19-17(21)16-15(5-8-26-16)27(22,23)20-6-3-4-7-20/h5,8-10H,3-4,6-7H2,1-2H3,(H,19,21). The zero-order valence-corrected chi connectivity index (χ0v) is 17.2. The number of halogens is 1. The maximum absolute atomic E-state index is 12.8. The van der Waals surface area contributed by atoms with Crippen molar-refractivity contribution in [2.24, 2.45) is 0 Å². The van der Waals surface area contributed by atoms with Gasteiger partial charge in [-0.2, -0.15) is 4.31 Å². The van der Waals surface area contributed by atoms with Crippen molar-refractivity contribution in [3.63, 3.8) is 0 Å². The zero-order chi connectivity index (χ0) is 19.6. The lowest BCUT2D eigenvalue weighted by molar-refractivity contribution is 0.102. The number of rotatable bonds is 6. The molecule has 2 heterocycles. The van der Waals surface area contributed by atoms with E-state index in [0.29, 0.717) is 35.3 Å². The molecule has 7 nitrogen and oxygen atoms in total. The van der Waals surface area contributed by atoms with E-state index in [0.717, 1.165) is 24.2 Å². The molecule has 1 aliphatic rings. The van der Waals surface area contributed by atoms with E-state index in [-0.39, 0.29) is 9.77 Å². The Bertz CT molecular complexity index is 952. The number of anilines is 1. The van der Waals surface area contributed by atoms with Crippen LogP contribution in [0.25, 0.3) is 0 Å². The number of thiophene rings is 1. The summed E-state index contributed by atoms with van der Waals surface area (Å²) in [6, 6.07) is 4.51. The Morgan fingerprint density at radius 3 is 2.48 bits per heavy atom. The average molecular weight is 431 g/mol. The molecule has 0 radical (unpaired) electrons. The Hall–Kier alpha value is -1.81. The molecule has 1 N–H and O–H groups in total. The van der Waals surface area contributed by atoms with Gasteiger partial charge in [-0.05, 0) is 24.3 Å². The van der Waals surface area contributed by atoms with Crippen molar-refractivity contribution >= 4 is 44.6 Å². The van der Waals surface area contributed by atoms with Crippen LogP contribution < -0.4 is 14.8 Å². The normalized spacial score (nSPS) is 14.9. The molecule has 1 aromatic carbocycles. The fourth-order valence-corrected chi connectivity index (χ4v) is 5.91. The number of nitrogens with one attached hydrogen (secondary N) is 1. The number of amides is 1. The second kappa shape index (κ2) is 8.05. The van der Waals surface area contributed by atoms with E-state index in [1.807, 2.05) is 0 Å². The lowest BCUT2D eigenvalue weighted by Crippen LogP contribution is -2.29. The lowest BCUT2D eigenvalue weighted by atomic mass is 10.2. The summed E-state index contributed by atoms with van der Waals surface area (Å²) in [6.07, 6.45) is 1.65. The number of nitrogens with zero attached hydrogens (tertiary/aromatic N) is 1. The average Bonchev–Trinajstić information content (AvgIpc) is 3.34. The third-order valence-electron chi connectivity index (χ3n) is 4.24. The largest absolute Gasteiger partial charge is 0.495 e. The molecular formula is C17H19ClN2O5S2. The summed E-state index contributed by atoms with van der Waals surface area (Å²) in [4.78, 5) is 12.9. The van der Waals surface area contributed by atoms with Crippen LogP contribution in [0.3, 0.4) is 0 Å². The van der Waals surface area contributed by atoms with Crippen LogP contribution in [0.2, 0.25) is 5.02 Å². The van der Waals surface area contributed by atoms with Crippen LogP contribution in [0.4, 0.5) is 5.69 Å². The summed E-state index contributed by atoms with van der Waals surface area (Å²) in [5.74, 6) is 0.170. The van der Waals surface area contributed by atoms with Gasteiger partial charge in [0.1, 0.15) is 21.3 Å². The van der Waals surface area contributed by atoms with E-state index in [9.17, 15) is 13.2 Å². The van der Waals surface area contributed by atoms with Gasteiger partial charge in [-0.1, -0.05) is 11.6 Å². The molecule has 0 saturated carbocycles. The number of methoxy groups -OCH3 is 2. The van der Waals surface area contributed by atoms with E-state index in [2.05, 4.69) is 5.32 Å². The van der Waals surface area contributed by atoms with Gasteiger partial charge in [0.05, 0.1) is 24.9 Å². The molecule has 1 saturated heterocycles. The van der Waals surface area contributed by atoms with Crippen LogP contribution in [-0.2, 0) is 10.0 Å². The number of benzene rings is 1. The summed E-state index contributed by atoms with van der Waals surface area (Å²) < 4.78 is 37.5. The number of ether oxygens (including phenoxy) is 2. The highest BCUT2D eigenvalue weighted by atomic mass is 35.5. The molecule has 1 aliphatic heterocycles. The quantitative estimate of drug-likeness (QED) is 0.758. The van der Waals surface area contributed by atoms with Gasteiger partial charge in [0.25, 0.3) is 5.91 Å². The van der Waals surface area contributed by atoms with Crippen LogP contribution >= 0.6 is 22.9 Å². The van der Waals surface area contributed by atoms with E-state index in [1.165, 1.54) is 36.7 Å². The molecule has 2 aromatic rings. The highest BCUT2D eigenvalue weighted by Crippen LogP contribution is 2.37. The maximum atomic E-state index is 12.8. The Labute approximate surface area is 166 Å². The first kappa shape index (κ1) is 19.9. The van der Waals surface area contributed by atoms with Crippen molar-refractivity contribution in [2.75, 3.05) is 32.6 Å². The van der Waals surface area contributed by atoms with Crippen molar-refractivity contribution < 1.29 is 22.7 Å². The third kappa shape index (κ3) is 3.91. The Morgan fingerprint density at radius 2 is 1.85 bits per heavy atom. The molecule has 3 rings (SSSR count). The molecule has 1 fully saturated rings. The number of carbonyl (C=O) groups excluding carboxylic acids is 1. The minimum atomic E-state index is -3.69. The fourth-order valence-electron chi connectivity index (χ4n) is 2.87. The van der Waals surface area contributed by atoms with Crippen molar-refractivity contribution in [2.45, 2.75) is 17.7 Å². The summed E-state index contributed by atoms with van der Waals surface area (Å²) >= 11 is 7.15. The molecule has 0 atom stereocenters. The second-order valence-corrected chi connectivity index (χ2v) is 9.10. The molecule has 0 aliphatic carbocycles. The van der Waals surface area contributed by atoms with Crippen molar-refractivity contribution in [1.29, 1.82) is 0 Å². The summed E-state index contributed by atoms with van der Waals surface area (Å²) in [5, 5.41) is 4.62. The lowest BCUT2D eigenvalue weighted by Gasteiger charge is -2.16. The summed E-state index contributed by atoms with van der Waals surface area (Å²) in [6.45, 7) is 0.947. The third-order valence-corrected chi connectivity index (χ3v) is 7.52. The number of hydrogen-bond acceptors (Lipinski definition) is 6. The highest BCUT2D eigenvalue weighted by Gasteiger charge is 2.32. The zero-order valence-electron chi connectivity index (χ0n) is 14.8. The van der Waals surface area contributed by atoms with Crippen LogP contribution in [0.1, 0.15) is 22.5 Å². The van der Waals surface area contributed by atoms with Gasteiger partial charge in [-0.3, -0.25) is 4.79 Å². The predicted octanol–water partition coefficient (Wildman–Crippen LogP) is 3.46. The minimum absolute atomic E-state index is 0.0202. The fraction of sp³-hybridized carbons (Fsp3) is 0.353. The molecule has 1 amide bonds. The molecule has 0 spiro atoms. The molecule has 0 bridgehead atoms. The van der Waals surface area contributed by atoms with E-state index < -0.39 is 15.9 Å². The predicted molar refractivity (Wildman–Crippen MR) is 105 cm³/mol. The van der Waals surface area contributed by atoms with E-state index >= 15 is 0 Å². The monoisotopic (exact) mass is 430 g/mol. The number of hydrogen-bond donors (Lipinski definition) is 1. The molecule has 27 heavy (non-hydrogen) atoms. The Morgan fingerprint density at radius 1 is 1.19 bits per heavy atom. The van der Waals surface area contributed by atoms with Gasteiger partial charge in [0.15, 0.2) is 0 Å². The summed E-state index contributed by atoms with van der Waals surface area (Å²) in [5.41, 5.74) is 0.335. The van der Waals surface area contributed by atoms with Gasteiger partial charge in [0, 0.05) is 25.2 Å². The maximum Gasteiger partial charge on any atom is 0.267 e. The van der Waals surface area contributed by atoms with Crippen molar-refractivity contribution in [1.82, 2.24) is 4.31 Å². The van der Waals surface area contributed by atoms with Crippen LogP contribution in [0.15, 0.2) is 28.5 Å². The number of carbonyl (C=O) groups is 1. The van der Waals surface area contributed by atoms with Crippen LogP contribution in [-0.4, -0.2) is 45.9 Å². The van der Waals surface area contributed by atoms with E-state index in [4.69, 9.17) is 21.1 Å². The summed E-state index contributed by atoms with van der Waals surface area (Å²) in [7, 11) is -0.788. The smallest absolute Gasteiger partial charge is 0.267 e. The first-order valence-corrected chi connectivity index (χ1v) is 10.9. The molecule has 146 valence electrons. The van der Waals surface area contributed by atoms with Gasteiger partial charge in [0.2, 0.25) is 10.0 Å². The van der Waals surface area contributed by atoms with Crippen LogP contribution in [0.5, 0.6) is 11.5 Å². The molecular weight excluding hydrogens is 412 g/mol. The van der Waals surface area contributed by atoms with Gasteiger partial charge in [-0.25, -0.2) is 8.42 Å². The van der Waals surface area contributed by atoms with Crippen molar-refractivity contribution in [3.05, 3.63) is 33.5 Å². The van der Waals surface area contributed by atoms with Gasteiger partial charge < -0.3 is 14.8 Å². The molecule has 10 heteroatoms.